The first kappa shape index (κ1) is 15.1. The van der Waals surface area contributed by atoms with Crippen LogP contribution in [0.4, 0.5) is 5.69 Å². The molecule has 0 spiro atoms. The van der Waals surface area contributed by atoms with Gasteiger partial charge in [-0.15, -0.1) is 0 Å². The predicted octanol–water partition coefficient (Wildman–Crippen LogP) is 2.65. The fourth-order valence-electron chi connectivity index (χ4n) is 2.52. The Bertz CT molecular complexity index is 715. The van der Waals surface area contributed by atoms with Gasteiger partial charge in [-0.2, -0.15) is 0 Å². The van der Waals surface area contributed by atoms with Crippen molar-refractivity contribution in [1.29, 1.82) is 0 Å². The summed E-state index contributed by atoms with van der Waals surface area (Å²) < 4.78 is 5.63. The summed E-state index contributed by atoms with van der Waals surface area (Å²) in [5.74, 6) is 0.0631. The van der Waals surface area contributed by atoms with Crippen molar-refractivity contribution >= 4 is 17.5 Å². The van der Waals surface area contributed by atoms with Crippen molar-refractivity contribution in [2.75, 3.05) is 5.32 Å². The molecule has 118 valence electrons. The van der Waals surface area contributed by atoms with E-state index in [0.717, 1.165) is 5.56 Å². The van der Waals surface area contributed by atoms with Crippen LogP contribution >= 0.6 is 0 Å². The zero-order valence-corrected chi connectivity index (χ0v) is 12.8. The molecule has 0 bridgehead atoms. The van der Waals surface area contributed by atoms with Gasteiger partial charge in [0.1, 0.15) is 5.75 Å². The maximum Gasteiger partial charge on any atom is 0.266 e. The summed E-state index contributed by atoms with van der Waals surface area (Å²) in [6.45, 7) is 1.91. The normalized spacial score (nSPS) is 17.4. The van der Waals surface area contributed by atoms with Gasteiger partial charge >= 0.3 is 0 Å². The van der Waals surface area contributed by atoms with Gasteiger partial charge in [-0.05, 0) is 24.6 Å². The van der Waals surface area contributed by atoms with Gasteiger partial charge in [-0.25, -0.2) is 0 Å². The monoisotopic (exact) mass is 310 g/mol. The Labute approximate surface area is 134 Å². The van der Waals surface area contributed by atoms with E-state index in [0.29, 0.717) is 11.4 Å². The van der Waals surface area contributed by atoms with Crippen LogP contribution in [0.15, 0.2) is 54.6 Å². The number of nitrogens with one attached hydrogen (secondary N) is 2. The molecule has 5 nitrogen and oxygen atoms in total. The molecule has 2 aromatic carbocycles. The number of hydrogen-bond acceptors (Lipinski definition) is 3. The number of carbonyl (C=O) groups is 2. The molecule has 0 unspecified atom stereocenters. The Balaban J connectivity index is 1.61. The minimum atomic E-state index is -0.812. The molecule has 1 heterocycles. The summed E-state index contributed by atoms with van der Waals surface area (Å²) in [6.07, 6.45) is -0.829. The third-order valence-electron chi connectivity index (χ3n) is 3.75. The molecule has 0 saturated carbocycles. The number of rotatable bonds is 4. The molecule has 0 aromatic heterocycles. The minimum Gasteiger partial charge on any atom is -0.478 e. The van der Waals surface area contributed by atoms with Crippen LogP contribution in [0.3, 0.4) is 0 Å². The van der Waals surface area contributed by atoms with E-state index in [2.05, 4.69) is 10.6 Å². The summed E-state index contributed by atoms with van der Waals surface area (Å²) in [7, 11) is 0. The summed E-state index contributed by atoms with van der Waals surface area (Å²) in [5, 5.41) is 5.65. The van der Waals surface area contributed by atoms with E-state index in [1.54, 1.807) is 12.1 Å². The van der Waals surface area contributed by atoms with Gasteiger partial charge in [-0.3, -0.25) is 9.59 Å². The van der Waals surface area contributed by atoms with Gasteiger partial charge in [0, 0.05) is 0 Å². The van der Waals surface area contributed by atoms with Gasteiger partial charge in [0.2, 0.25) is 5.91 Å². The van der Waals surface area contributed by atoms with E-state index in [9.17, 15) is 9.59 Å². The lowest BCUT2D eigenvalue weighted by Crippen LogP contribution is -2.41. The largest absolute Gasteiger partial charge is 0.478 e. The highest BCUT2D eigenvalue weighted by Crippen LogP contribution is 2.29. The van der Waals surface area contributed by atoms with Crippen molar-refractivity contribution in [2.24, 2.45) is 0 Å². The van der Waals surface area contributed by atoms with Crippen LogP contribution in [-0.2, 0) is 9.59 Å². The van der Waals surface area contributed by atoms with E-state index >= 15 is 0 Å². The first-order chi connectivity index (χ1) is 11.1. The van der Waals surface area contributed by atoms with E-state index in [4.69, 9.17) is 4.74 Å². The molecule has 2 aromatic rings. The van der Waals surface area contributed by atoms with Crippen molar-refractivity contribution in [3.63, 3.8) is 0 Å². The third-order valence-corrected chi connectivity index (χ3v) is 3.75. The minimum absolute atomic E-state index is 0.0165. The molecular formula is C18H18N2O3. The standard InChI is InChI=1S/C18H18N2O3/c1-12(13-7-3-2-4-8-13)19-17(21)11-16-18(22)20-14-9-5-6-10-15(14)23-16/h2-10,12,16H,11H2,1H3,(H,19,21)(H,20,22)/t12-,16-/m1/s1. The van der Waals surface area contributed by atoms with Gasteiger partial charge in [0.15, 0.2) is 6.10 Å². The van der Waals surface area contributed by atoms with E-state index in [1.807, 2.05) is 49.4 Å². The lowest BCUT2D eigenvalue weighted by molar-refractivity contribution is -0.130. The fraction of sp³-hybridized carbons (Fsp3) is 0.222. The lowest BCUT2D eigenvalue weighted by atomic mass is 10.1. The number of anilines is 1. The quantitative estimate of drug-likeness (QED) is 0.912. The van der Waals surface area contributed by atoms with Crippen LogP contribution < -0.4 is 15.4 Å². The molecule has 0 fully saturated rings. The smallest absolute Gasteiger partial charge is 0.266 e. The molecule has 2 atom stereocenters. The van der Waals surface area contributed by atoms with E-state index in [1.165, 1.54) is 0 Å². The highest BCUT2D eigenvalue weighted by molar-refractivity contribution is 5.99. The Morgan fingerprint density at radius 3 is 2.65 bits per heavy atom. The van der Waals surface area contributed by atoms with Crippen LogP contribution in [0.5, 0.6) is 5.75 Å². The molecule has 5 heteroatoms. The summed E-state index contributed by atoms with van der Waals surface area (Å²) in [5.41, 5.74) is 1.65. The van der Waals surface area contributed by atoms with Crippen molar-refractivity contribution in [3.05, 3.63) is 60.2 Å². The van der Waals surface area contributed by atoms with Gasteiger partial charge in [-0.1, -0.05) is 42.5 Å². The Hall–Kier alpha value is -2.82. The van der Waals surface area contributed by atoms with Crippen molar-refractivity contribution in [1.82, 2.24) is 5.32 Å². The molecular weight excluding hydrogens is 292 g/mol. The zero-order valence-electron chi connectivity index (χ0n) is 12.8. The van der Waals surface area contributed by atoms with Gasteiger partial charge in [0.25, 0.3) is 5.91 Å². The molecule has 1 aliphatic heterocycles. The molecule has 2 amide bonds. The maximum absolute atomic E-state index is 12.2. The highest BCUT2D eigenvalue weighted by atomic mass is 16.5. The predicted molar refractivity (Wildman–Crippen MR) is 87.1 cm³/mol. The van der Waals surface area contributed by atoms with Crippen LogP contribution in [-0.4, -0.2) is 17.9 Å². The molecule has 1 aliphatic rings. The number of ether oxygens (including phenoxy) is 1. The average molecular weight is 310 g/mol. The number of hydrogen-bond donors (Lipinski definition) is 2. The first-order valence-corrected chi connectivity index (χ1v) is 7.54. The van der Waals surface area contributed by atoms with Gasteiger partial charge < -0.3 is 15.4 Å². The van der Waals surface area contributed by atoms with Crippen LogP contribution in [0.1, 0.15) is 24.9 Å². The summed E-state index contributed by atoms with van der Waals surface area (Å²) in [4.78, 5) is 24.2. The SMILES string of the molecule is C[C@@H](NC(=O)C[C@H]1Oc2ccccc2NC1=O)c1ccccc1. The average Bonchev–Trinajstić information content (AvgIpc) is 2.56. The van der Waals surface area contributed by atoms with Crippen molar-refractivity contribution in [3.8, 4) is 5.75 Å². The van der Waals surface area contributed by atoms with E-state index in [-0.39, 0.29) is 24.3 Å². The second-order valence-electron chi connectivity index (χ2n) is 5.50. The van der Waals surface area contributed by atoms with E-state index < -0.39 is 6.10 Å². The van der Waals surface area contributed by atoms with Crippen LogP contribution in [0.2, 0.25) is 0 Å². The Kier molecular flexibility index (Phi) is 4.28. The maximum atomic E-state index is 12.2. The summed E-state index contributed by atoms with van der Waals surface area (Å²) in [6, 6.07) is 16.7. The van der Waals surface area contributed by atoms with Crippen molar-refractivity contribution in [2.45, 2.75) is 25.5 Å². The molecule has 0 aliphatic carbocycles. The van der Waals surface area contributed by atoms with Crippen molar-refractivity contribution < 1.29 is 14.3 Å². The van der Waals surface area contributed by atoms with Gasteiger partial charge in [0.05, 0.1) is 18.2 Å². The van der Waals surface area contributed by atoms with Crippen LogP contribution in [0.25, 0.3) is 0 Å². The first-order valence-electron chi connectivity index (χ1n) is 7.54. The Morgan fingerprint density at radius 2 is 1.87 bits per heavy atom. The number of benzene rings is 2. The zero-order chi connectivity index (χ0) is 16.2. The lowest BCUT2D eigenvalue weighted by Gasteiger charge is -2.25. The summed E-state index contributed by atoms with van der Waals surface area (Å²) >= 11 is 0. The highest BCUT2D eigenvalue weighted by Gasteiger charge is 2.29. The molecule has 3 rings (SSSR count). The second-order valence-corrected chi connectivity index (χ2v) is 5.50. The molecule has 2 N–H and O–H groups in total. The molecule has 23 heavy (non-hydrogen) atoms. The molecule has 0 radical (unpaired) electrons. The van der Waals surface area contributed by atoms with Crippen LogP contribution in [0, 0.1) is 0 Å². The topological polar surface area (TPSA) is 67.4 Å². The number of carbonyl (C=O) groups excluding carboxylic acids is 2. The number of amides is 2. The number of para-hydroxylation sites is 2. The molecule has 0 saturated heterocycles. The Morgan fingerprint density at radius 1 is 1.17 bits per heavy atom. The second kappa shape index (κ2) is 6.52. The number of fused-ring (bicyclic) bond motifs is 1. The third kappa shape index (κ3) is 3.51. The fourth-order valence-corrected chi connectivity index (χ4v) is 2.52.